The Labute approximate surface area is 174 Å². The molecule has 2 aromatic heterocycles. The highest BCUT2D eigenvalue weighted by molar-refractivity contribution is 7.23. The Kier molecular flexibility index (Phi) is 7.70. The fraction of sp³-hybridized carbons (Fsp3) is 0.632. The molecule has 1 aliphatic rings. The number of morpholine rings is 1. The number of hydrogen-bond donors (Lipinski definition) is 0. The number of thiophene rings is 1. The normalized spacial score (nSPS) is 14.5. The van der Waals surface area contributed by atoms with Crippen LogP contribution in [-0.2, 0) is 14.3 Å². The lowest BCUT2D eigenvalue weighted by Crippen LogP contribution is -2.36. The van der Waals surface area contributed by atoms with Crippen molar-refractivity contribution in [2.45, 2.75) is 32.6 Å². The summed E-state index contributed by atoms with van der Waals surface area (Å²) in [6.07, 6.45) is 3.38. The summed E-state index contributed by atoms with van der Waals surface area (Å²) in [7, 11) is 2.08. The fourth-order valence-electron chi connectivity index (χ4n) is 3.19. The van der Waals surface area contributed by atoms with Gasteiger partial charge in [-0.2, -0.15) is 4.98 Å². The molecule has 7 nitrogen and oxygen atoms in total. The lowest BCUT2D eigenvalue weighted by molar-refractivity contribution is -0.143. The van der Waals surface area contributed by atoms with Gasteiger partial charge in [-0.05, 0) is 37.4 Å². The van der Waals surface area contributed by atoms with E-state index in [4.69, 9.17) is 21.1 Å². The predicted octanol–water partition coefficient (Wildman–Crippen LogP) is 3.74. The van der Waals surface area contributed by atoms with Crippen molar-refractivity contribution < 1.29 is 14.3 Å². The molecule has 3 heterocycles. The van der Waals surface area contributed by atoms with Gasteiger partial charge in [0.2, 0.25) is 5.28 Å². The number of nitrogens with zero attached hydrogens (tertiary/aromatic N) is 4. The molecular weight excluding hydrogens is 400 g/mol. The van der Waals surface area contributed by atoms with Crippen molar-refractivity contribution in [3.8, 4) is 0 Å². The summed E-state index contributed by atoms with van der Waals surface area (Å²) in [6.45, 7) is 6.23. The number of carbonyl (C=O) groups is 1. The van der Waals surface area contributed by atoms with Crippen LogP contribution in [-0.4, -0.2) is 62.4 Å². The van der Waals surface area contributed by atoms with Crippen LogP contribution in [0.2, 0.25) is 5.28 Å². The van der Waals surface area contributed by atoms with Gasteiger partial charge in [0.15, 0.2) is 5.82 Å². The monoisotopic (exact) mass is 426 g/mol. The molecule has 28 heavy (non-hydrogen) atoms. The first-order chi connectivity index (χ1) is 13.6. The molecule has 0 bridgehead atoms. The van der Waals surface area contributed by atoms with Crippen LogP contribution >= 0.6 is 22.9 Å². The van der Waals surface area contributed by atoms with Gasteiger partial charge >= 0.3 is 5.97 Å². The lowest BCUT2D eigenvalue weighted by atomic mass is 10.2. The topological polar surface area (TPSA) is 67.8 Å². The van der Waals surface area contributed by atoms with Crippen molar-refractivity contribution in [1.29, 1.82) is 0 Å². The van der Waals surface area contributed by atoms with Crippen LogP contribution in [0.15, 0.2) is 6.07 Å². The highest BCUT2D eigenvalue weighted by Gasteiger charge is 2.20. The summed E-state index contributed by atoms with van der Waals surface area (Å²) in [4.78, 5) is 24.7. The number of halogens is 1. The number of esters is 1. The maximum atomic E-state index is 11.4. The van der Waals surface area contributed by atoms with Crippen LogP contribution in [0.5, 0.6) is 0 Å². The number of carbonyl (C=O) groups excluding carboxylic acids is 1. The fourth-order valence-corrected chi connectivity index (χ4v) is 4.46. The zero-order valence-electron chi connectivity index (χ0n) is 16.4. The van der Waals surface area contributed by atoms with Crippen LogP contribution in [0, 0.1) is 0 Å². The number of anilines is 2. The van der Waals surface area contributed by atoms with E-state index in [1.807, 2.05) is 6.92 Å². The Bertz CT molecular complexity index is 795. The minimum absolute atomic E-state index is 0.105. The van der Waals surface area contributed by atoms with E-state index in [9.17, 15) is 4.79 Å². The molecular formula is C19H27ClN4O3S. The molecule has 154 valence electrons. The third kappa shape index (κ3) is 5.46. The van der Waals surface area contributed by atoms with E-state index in [0.29, 0.717) is 26.2 Å². The Morgan fingerprint density at radius 3 is 2.86 bits per heavy atom. The lowest BCUT2D eigenvalue weighted by Gasteiger charge is -2.28. The summed E-state index contributed by atoms with van der Waals surface area (Å²) in [5.74, 6) is 0.795. The number of fused-ring (bicyclic) bond motifs is 1. The smallest absolute Gasteiger partial charge is 0.305 e. The maximum Gasteiger partial charge on any atom is 0.305 e. The van der Waals surface area contributed by atoms with Crippen LogP contribution in [0.25, 0.3) is 10.2 Å². The minimum atomic E-state index is -0.105. The Balaban J connectivity index is 1.61. The number of unbranched alkanes of at least 4 members (excludes halogenated alkanes) is 2. The van der Waals surface area contributed by atoms with Crippen LogP contribution < -0.4 is 9.80 Å². The van der Waals surface area contributed by atoms with Crippen LogP contribution in [0.4, 0.5) is 10.8 Å². The molecule has 1 aliphatic heterocycles. The van der Waals surface area contributed by atoms with Crippen molar-refractivity contribution in [3.05, 3.63) is 11.3 Å². The highest BCUT2D eigenvalue weighted by atomic mass is 35.5. The van der Waals surface area contributed by atoms with E-state index in [0.717, 1.165) is 59.9 Å². The molecule has 1 fully saturated rings. The van der Waals surface area contributed by atoms with E-state index >= 15 is 0 Å². The first-order valence-electron chi connectivity index (χ1n) is 9.75. The number of aromatic nitrogens is 2. The average molecular weight is 427 g/mol. The largest absolute Gasteiger partial charge is 0.466 e. The molecule has 0 aromatic carbocycles. The van der Waals surface area contributed by atoms with Crippen molar-refractivity contribution in [1.82, 2.24) is 9.97 Å². The van der Waals surface area contributed by atoms with Gasteiger partial charge in [-0.3, -0.25) is 4.79 Å². The summed E-state index contributed by atoms with van der Waals surface area (Å²) < 4.78 is 11.5. The number of rotatable bonds is 9. The summed E-state index contributed by atoms with van der Waals surface area (Å²) in [5.41, 5.74) is 0.885. The van der Waals surface area contributed by atoms with Crippen molar-refractivity contribution >= 4 is 49.9 Å². The highest BCUT2D eigenvalue weighted by Crippen LogP contribution is 2.37. The third-order valence-electron chi connectivity index (χ3n) is 4.68. The van der Waals surface area contributed by atoms with Gasteiger partial charge < -0.3 is 19.3 Å². The SMILES string of the molecule is CCOC(=O)CCCCCN(C)c1cc2nc(Cl)nc(N3CCOCC3)c2s1. The quantitative estimate of drug-likeness (QED) is 0.343. The van der Waals surface area contributed by atoms with Gasteiger partial charge in [0.25, 0.3) is 0 Å². The van der Waals surface area contributed by atoms with E-state index < -0.39 is 0 Å². The summed E-state index contributed by atoms with van der Waals surface area (Å²) >= 11 is 7.87. The van der Waals surface area contributed by atoms with Gasteiger partial charge in [-0.15, -0.1) is 11.3 Å². The maximum absolute atomic E-state index is 11.4. The molecule has 3 rings (SSSR count). The Morgan fingerprint density at radius 2 is 2.11 bits per heavy atom. The summed E-state index contributed by atoms with van der Waals surface area (Å²) in [5, 5.41) is 1.42. The second-order valence-corrected chi connectivity index (χ2v) is 8.12. The van der Waals surface area contributed by atoms with Gasteiger partial charge in [-0.25, -0.2) is 4.98 Å². The molecule has 0 aliphatic carbocycles. The van der Waals surface area contributed by atoms with Gasteiger partial charge in [0.1, 0.15) is 0 Å². The second kappa shape index (κ2) is 10.2. The van der Waals surface area contributed by atoms with Crippen molar-refractivity contribution in [3.63, 3.8) is 0 Å². The predicted molar refractivity (Wildman–Crippen MR) is 114 cm³/mol. The molecule has 0 N–H and O–H groups in total. The van der Waals surface area contributed by atoms with Crippen molar-refractivity contribution in [2.75, 3.05) is 56.3 Å². The zero-order valence-corrected chi connectivity index (χ0v) is 18.0. The van der Waals surface area contributed by atoms with Crippen LogP contribution in [0.3, 0.4) is 0 Å². The Morgan fingerprint density at radius 1 is 1.32 bits per heavy atom. The van der Waals surface area contributed by atoms with E-state index in [2.05, 4.69) is 32.9 Å². The number of ether oxygens (including phenoxy) is 2. The standard InChI is InChI=1S/C19H27ClN4O3S/c1-3-27-16(25)7-5-4-6-8-23(2)15-13-14-17(28-15)18(22-19(20)21-14)24-9-11-26-12-10-24/h13H,3-12H2,1-2H3. The van der Waals surface area contributed by atoms with E-state index in [1.54, 1.807) is 11.3 Å². The van der Waals surface area contributed by atoms with Crippen molar-refractivity contribution in [2.24, 2.45) is 0 Å². The molecule has 2 aromatic rings. The molecule has 0 spiro atoms. The second-order valence-electron chi connectivity index (χ2n) is 6.75. The Hall–Kier alpha value is -1.64. The molecule has 0 amide bonds. The summed E-state index contributed by atoms with van der Waals surface area (Å²) in [6, 6.07) is 2.08. The first-order valence-corrected chi connectivity index (χ1v) is 10.9. The van der Waals surface area contributed by atoms with Gasteiger partial charge in [0, 0.05) is 33.1 Å². The molecule has 1 saturated heterocycles. The third-order valence-corrected chi connectivity index (χ3v) is 6.08. The molecule has 9 heteroatoms. The van der Waals surface area contributed by atoms with Gasteiger partial charge in [0.05, 0.1) is 35.0 Å². The van der Waals surface area contributed by atoms with E-state index in [-0.39, 0.29) is 11.3 Å². The van der Waals surface area contributed by atoms with Gasteiger partial charge in [-0.1, -0.05) is 6.42 Å². The molecule has 0 radical (unpaired) electrons. The number of hydrogen-bond acceptors (Lipinski definition) is 8. The van der Waals surface area contributed by atoms with Crippen LogP contribution in [0.1, 0.15) is 32.6 Å². The molecule has 0 atom stereocenters. The van der Waals surface area contributed by atoms with E-state index in [1.165, 1.54) is 0 Å². The zero-order chi connectivity index (χ0) is 19.9. The molecule has 0 saturated carbocycles. The molecule has 0 unspecified atom stereocenters. The minimum Gasteiger partial charge on any atom is -0.466 e. The first kappa shape index (κ1) is 21.1. The average Bonchev–Trinajstić information content (AvgIpc) is 3.12.